The summed E-state index contributed by atoms with van der Waals surface area (Å²) >= 11 is 6.29. The molecule has 0 aliphatic carbocycles. The number of thioether (sulfide) groups is 1. The second-order valence-electron chi connectivity index (χ2n) is 2.60. The zero-order chi connectivity index (χ0) is 6.53. The maximum Gasteiger partial charge on any atom is -0.00388 e. The third-order valence-electron chi connectivity index (χ3n) is 1.79. The molecule has 1 saturated heterocycles. The van der Waals surface area contributed by atoms with E-state index in [1.54, 1.807) is 0 Å². The lowest BCUT2D eigenvalue weighted by molar-refractivity contribution is 0.541. The molecule has 9 heavy (non-hydrogen) atoms. The van der Waals surface area contributed by atoms with Crippen LogP contribution in [0, 0.1) is 5.92 Å². The lowest BCUT2D eigenvalue weighted by Crippen LogP contribution is -1.97. The Balaban J connectivity index is 1.98. The summed E-state index contributed by atoms with van der Waals surface area (Å²) < 4.78 is 0. The molecule has 54 valence electrons. The minimum Gasteiger partial charge on any atom is -0.179 e. The van der Waals surface area contributed by atoms with E-state index < -0.39 is 0 Å². The van der Waals surface area contributed by atoms with Gasteiger partial charge in [0.2, 0.25) is 0 Å². The summed E-state index contributed by atoms with van der Waals surface area (Å²) in [5, 5.41) is 0. The quantitative estimate of drug-likeness (QED) is 0.622. The van der Waals surface area contributed by atoms with Crippen LogP contribution in [0.4, 0.5) is 0 Å². The van der Waals surface area contributed by atoms with Gasteiger partial charge in [0, 0.05) is 0 Å². The lowest BCUT2D eigenvalue weighted by Gasteiger charge is -2.04. The molecule has 1 rings (SSSR count). The molecule has 2 heteroatoms. The Bertz CT molecular complexity index is 67.3. The summed E-state index contributed by atoms with van der Waals surface area (Å²) in [7, 11) is 0. The number of thiol groups is 1. The zero-order valence-corrected chi connectivity index (χ0v) is 7.39. The van der Waals surface area contributed by atoms with E-state index in [2.05, 4.69) is 24.4 Å². The van der Waals surface area contributed by atoms with Crippen molar-refractivity contribution in [3.63, 3.8) is 0 Å². The summed E-state index contributed by atoms with van der Waals surface area (Å²) in [5.41, 5.74) is 0. The van der Waals surface area contributed by atoms with Crippen LogP contribution in [0.2, 0.25) is 0 Å². The van der Waals surface area contributed by atoms with Gasteiger partial charge in [-0.15, -0.1) is 0 Å². The molecule has 1 fully saturated rings. The van der Waals surface area contributed by atoms with Crippen LogP contribution in [0.3, 0.4) is 0 Å². The van der Waals surface area contributed by atoms with Gasteiger partial charge < -0.3 is 0 Å². The van der Waals surface area contributed by atoms with Crippen LogP contribution in [0.1, 0.15) is 19.3 Å². The highest BCUT2D eigenvalue weighted by molar-refractivity contribution is 7.99. The minimum atomic E-state index is 1.03. The van der Waals surface area contributed by atoms with Gasteiger partial charge >= 0.3 is 0 Å². The smallest absolute Gasteiger partial charge is 0.00388 e. The Kier molecular flexibility index (Phi) is 3.91. The summed E-state index contributed by atoms with van der Waals surface area (Å²) in [6.07, 6.45) is 4.18. The van der Waals surface area contributed by atoms with Gasteiger partial charge in [0.05, 0.1) is 0 Å². The van der Waals surface area contributed by atoms with Gasteiger partial charge in [-0.25, -0.2) is 0 Å². The normalized spacial score (nSPS) is 27.0. The summed E-state index contributed by atoms with van der Waals surface area (Å²) in [6, 6.07) is 0. The van der Waals surface area contributed by atoms with Gasteiger partial charge in [0.15, 0.2) is 0 Å². The van der Waals surface area contributed by atoms with Gasteiger partial charge in [-0.1, -0.05) is 0 Å². The molecule has 0 bridgehead atoms. The van der Waals surface area contributed by atoms with Crippen LogP contribution >= 0.6 is 24.4 Å². The van der Waals surface area contributed by atoms with Gasteiger partial charge in [0.1, 0.15) is 0 Å². The Labute approximate surface area is 67.2 Å². The van der Waals surface area contributed by atoms with E-state index >= 15 is 0 Å². The standard InChI is InChI=1S/C7H14S2/c8-4-1-2-7-3-5-9-6-7/h7-8H,1-6H2. The summed E-state index contributed by atoms with van der Waals surface area (Å²) in [4.78, 5) is 0. The number of hydrogen-bond donors (Lipinski definition) is 1. The van der Waals surface area contributed by atoms with Crippen LogP contribution in [0.25, 0.3) is 0 Å². The first-order chi connectivity index (χ1) is 4.43. The molecule has 1 unspecified atom stereocenters. The lowest BCUT2D eigenvalue weighted by atomic mass is 10.0. The molecule has 1 heterocycles. The van der Waals surface area contributed by atoms with Crippen molar-refractivity contribution in [2.75, 3.05) is 17.3 Å². The van der Waals surface area contributed by atoms with E-state index in [0.717, 1.165) is 11.7 Å². The molecular weight excluding hydrogens is 148 g/mol. The van der Waals surface area contributed by atoms with Crippen LogP contribution in [-0.2, 0) is 0 Å². The molecule has 0 amide bonds. The first kappa shape index (κ1) is 7.80. The summed E-state index contributed by atoms with van der Waals surface area (Å²) in [5.74, 6) is 4.91. The fraction of sp³-hybridized carbons (Fsp3) is 1.00. The molecule has 0 aromatic carbocycles. The molecule has 0 aromatic heterocycles. The van der Waals surface area contributed by atoms with Gasteiger partial charge in [-0.2, -0.15) is 24.4 Å². The first-order valence-corrected chi connectivity index (χ1v) is 5.41. The Morgan fingerprint density at radius 3 is 3.00 bits per heavy atom. The molecule has 0 radical (unpaired) electrons. The molecule has 1 aliphatic rings. The number of rotatable bonds is 3. The zero-order valence-electron chi connectivity index (χ0n) is 5.68. The molecule has 0 saturated carbocycles. The van der Waals surface area contributed by atoms with Crippen molar-refractivity contribution in [2.45, 2.75) is 19.3 Å². The van der Waals surface area contributed by atoms with Crippen LogP contribution in [0.15, 0.2) is 0 Å². The molecular formula is C7H14S2. The summed E-state index contributed by atoms with van der Waals surface area (Å²) in [6.45, 7) is 0. The fourth-order valence-electron chi connectivity index (χ4n) is 1.19. The third kappa shape index (κ3) is 2.85. The molecule has 0 N–H and O–H groups in total. The van der Waals surface area contributed by atoms with Crippen molar-refractivity contribution in [3.05, 3.63) is 0 Å². The first-order valence-electron chi connectivity index (χ1n) is 3.62. The second kappa shape index (κ2) is 4.51. The fourth-order valence-corrected chi connectivity index (χ4v) is 2.71. The van der Waals surface area contributed by atoms with Gasteiger partial charge in [0.25, 0.3) is 0 Å². The largest absolute Gasteiger partial charge is 0.179 e. The predicted molar refractivity (Wildman–Crippen MR) is 48.5 cm³/mol. The monoisotopic (exact) mass is 162 g/mol. The van der Waals surface area contributed by atoms with E-state index in [0.29, 0.717) is 0 Å². The average molecular weight is 162 g/mol. The van der Waals surface area contributed by atoms with Crippen molar-refractivity contribution >= 4 is 24.4 Å². The number of hydrogen-bond acceptors (Lipinski definition) is 2. The maximum atomic E-state index is 4.19. The molecule has 1 atom stereocenters. The Hall–Kier alpha value is 0.700. The second-order valence-corrected chi connectivity index (χ2v) is 4.19. The van der Waals surface area contributed by atoms with Crippen molar-refractivity contribution in [3.8, 4) is 0 Å². The highest BCUT2D eigenvalue weighted by Gasteiger charge is 2.13. The van der Waals surface area contributed by atoms with E-state index in [9.17, 15) is 0 Å². The third-order valence-corrected chi connectivity index (χ3v) is 3.34. The predicted octanol–water partition coefficient (Wildman–Crippen LogP) is 2.45. The molecule has 0 nitrogen and oxygen atoms in total. The van der Waals surface area contributed by atoms with Crippen molar-refractivity contribution < 1.29 is 0 Å². The van der Waals surface area contributed by atoms with Gasteiger partial charge in [-0.3, -0.25) is 0 Å². The van der Waals surface area contributed by atoms with Crippen molar-refractivity contribution in [2.24, 2.45) is 5.92 Å². The molecule has 1 aliphatic heterocycles. The van der Waals surface area contributed by atoms with Crippen LogP contribution in [0.5, 0.6) is 0 Å². The minimum absolute atomic E-state index is 1.03. The average Bonchev–Trinajstić information content (AvgIpc) is 2.34. The Morgan fingerprint density at radius 2 is 2.44 bits per heavy atom. The van der Waals surface area contributed by atoms with E-state index in [-0.39, 0.29) is 0 Å². The van der Waals surface area contributed by atoms with E-state index in [4.69, 9.17) is 0 Å². The van der Waals surface area contributed by atoms with Crippen molar-refractivity contribution in [1.29, 1.82) is 0 Å². The molecule has 0 spiro atoms. The SMILES string of the molecule is SCCCC1CCSC1. The topological polar surface area (TPSA) is 0 Å². The van der Waals surface area contributed by atoms with Crippen LogP contribution in [-0.4, -0.2) is 17.3 Å². The van der Waals surface area contributed by atoms with Gasteiger partial charge in [-0.05, 0) is 42.4 Å². The highest BCUT2D eigenvalue weighted by Crippen LogP contribution is 2.26. The van der Waals surface area contributed by atoms with Crippen molar-refractivity contribution in [1.82, 2.24) is 0 Å². The maximum absolute atomic E-state index is 4.19. The van der Waals surface area contributed by atoms with E-state index in [1.165, 1.54) is 30.8 Å². The highest BCUT2D eigenvalue weighted by atomic mass is 32.2. The van der Waals surface area contributed by atoms with E-state index in [1.807, 2.05) is 0 Å². The Morgan fingerprint density at radius 1 is 1.56 bits per heavy atom. The molecule has 0 aromatic rings. The van der Waals surface area contributed by atoms with Crippen LogP contribution < -0.4 is 0 Å².